The van der Waals surface area contributed by atoms with E-state index in [2.05, 4.69) is 37.2 Å². The number of nitrogens with one attached hydrogen (secondary N) is 2. The summed E-state index contributed by atoms with van der Waals surface area (Å²) in [5.74, 6) is -1.06. The average molecular weight is 794 g/mol. The number of amides is 1. The number of aromatic amines is 1. The lowest BCUT2D eigenvalue weighted by atomic mass is 10.0. The zero-order chi connectivity index (χ0) is 36.8. The van der Waals surface area contributed by atoms with E-state index in [4.69, 9.17) is 20.4 Å². The summed E-state index contributed by atoms with van der Waals surface area (Å²) in [6.07, 6.45) is 2.75. The number of methoxy groups -OCH3 is 2. The van der Waals surface area contributed by atoms with E-state index in [9.17, 15) is 19.2 Å². The second-order valence-electron chi connectivity index (χ2n) is 13.2. The molecule has 260 valence electrons. The molecule has 1 amide bonds. The van der Waals surface area contributed by atoms with Crippen molar-refractivity contribution in [2.24, 2.45) is 5.92 Å². The SMILES string of the molecule is COC(=O)C(Cc1cn(C(=O)OC(C)(C)C)c2ccc(Br)cc12)NC(=O)OC(C)(C)C.[1H]n1cc(CC(C)C(=O)OC)c2cc(Br)ccc21. The van der Waals surface area contributed by atoms with Gasteiger partial charge in [-0.05, 0) is 95.5 Å². The van der Waals surface area contributed by atoms with Crippen LogP contribution in [0.4, 0.5) is 9.59 Å². The number of aromatic nitrogens is 2. The second-order valence-corrected chi connectivity index (χ2v) is 15.0. The number of esters is 2. The summed E-state index contributed by atoms with van der Waals surface area (Å²) in [6.45, 7) is 12.4. The Labute approximate surface area is 298 Å². The van der Waals surface area contributed by atoms with Gasteiger partial charge in [-0.1, -0.05) is 38.8 Å². The normalized spacial score (nSPS) is 13.1. The van der Waals surface area contributed by atoms with Crippen LogP contribution in [0, 0.1) is 5.92 Å². The Morgan fingerprint density at radius 1 is 0.854 bits per heavy atom. The van der Waals surface area contributed by atoms with E-state index in [1.165, 1.54) is 23.8 Å². The standard InChI is InChI=1S/C22H29BrN2O6.C13H14BrNO2/c1-21(2,3)30-19(27)24-16(18(26)29-7)10-13-12-25(20(28)31-22(4,5)6)17-9-8-14(23)11-15(13)17;1-8(13(16)17-2)5-9-7-15-12-4-3-10(14)6-11(9)12/h8-9,11-12,16H,10H2,1-7H3,(H,24,27);3-4,6-8,15H,5H2,1-2H3/i/hH. The number of alkyl carbamates (subject to hydrolysis) is 1. The van der Waals surface area contributed by atoms with E-state index in [0.717, 1.165) is 30.8 Å². The minimum atomic E-state index is -1.00. The van der Waals surface area contributed by atoms with Crippen molar-refractivity contribution in [2.75, 3.05) is 14.2 Å². The molecule has 2 aromatic heterocycles. The lowest BCUT2D eigenvalue weighted by Crippen LogP contribution is -2.45. The van der Waals surface area contributed by atoms with Gasteiger partial charge in [0, 0.05) is 44.0 Å². The molecule has 0 fully saturated rings. The van der Waals surface area contributed by atoms with Crippen LogP contribution in [0.15, 0.2) is 57.7 Å². The van der Waals surface area contributed by atoms with Crippen molar-refractivity contribution in [2.45, 2.75) is 78.6 Å². The lowest BCUT2D eigenvalue weighted by Gasteiger charge is -2.22. The zero-order valence-corrected chi connectivity index (χ0v) is 31.8. The van der Waals surface area contributed by atoms with Gasteiger partial charge < -0.3 is 29.2 Å². The molecule has 0 saturated heterocycles. The van der Waals surface area contributed by atoms with Gasteiger partial charge in [-0.15, -0.1) is 0 Å². The van der Waals surface area contributed by atoms with Crippen molar-refractivity contribution < 1.29 is 39.5 Å². The Morgan fingerprint density at radius 2 is 1.44 bits per heavy atom. The number of fused-ring (bicyclic) bond motifs is 2. The quantitative estimate of drug-likeness (QED) is 0.142. The molecule has 48 heavy (non-hydrogen) atoms. The number of carbonyl (C=O) groups is 4. The molecular weight excluding hydrogens is 750 g/mol. The van der Waals surface area contributed by atoms with Crippen molar-refractivity contribution in [3.63, 3.8) is 0 Å². The van der Waals surface area contributed by atoms with Crippen molar-refractivity contribution in [3.8, 4) is 0 Å². The number of benzene rings is 2. The third-order valence-electron chi connectivity index (χ3n) is 6.83. The van der Waals surface area contributed by atoms with Crippen molar-refractivity contribution in [3.05, 3.63) is 68.9 Å². The first-order valence-corrected chi connectivity index (χ1v) is 16.8. The van der Waals surface area contributed by atoms with Gasteiger partial charge in [-0.3, -0.25) is 9.36 Å². The van der Waals surface area contributed by atoms with Gasteiger partial charge in [0.2, 0.25) is 0 Å². The van der Waals surface area contributed by atoms with Crippen molar-refractivity contribution >= 4 is 77.8 Å². The zero-order valence-electron chi connectivity index (χ0n) is 29.6. The van der Waals surface area contributed by atoms with Gasteiger partial charge >= 0.3 is 24.1 Å². The summed E-state index contributed by atoms with van der Waals surface area (Å²) in [6, 6.07) is 10.2. The fourth-order valence-electron chi connectivity index (χ4n) is 4.77. The third kappa shape index (κ3) is 10.8. The first-order chi connectivity index (χ1) is 22.7. The molecule has 0 bridgehead atoms. The molecule has 0 saturated carbocycles. The van der Waals surface area contributed by atoms with Crippen LogP contribution in [0.1, 0.15) is 59.6 Å². The molecule has 2 N–H and O–H groups in total. The van der Waals surface area contributed by atoms with Crippen LogP contribution in [-0.2, 0) is 41.4 Å². The number of rotatable bonds is 7. The molecule has 0 spiro atoms. The van der Waals surface area contributed by atoms with Crippen molar-refractivity contribution in [1.29, 1.82) is 0 Å². The molecule has 4 aromatic rings. The summed E-state index contributed by atoms with van der Waals surface area (Å²) < 4.78 is 31.3. The van der Waals surface area contributed by atoms with Crippen LogP contribution in [0.25, 0.3) is 21.8 Å². The Kier molecular flexibility index (Phi) is 12.4. The number of hydrogen-bond acceptors (Lipinski definition) is 8. The maximum absolute atomic E-state index is 12.7. The molecule has 2 aromatic carbocycles. The molecule has 0 radical (unpaired) electrons. The Balaban J connectivity index is 0.000000305. The molecular formula is C35H43Br2N3O8. The Morgan fingerprint density at radius 3 is 2.02 bits per heavy atom. The molecule has 2 atom stereocenters. The van der Waals surface area contributed by atoms with Crippen LogP contribution in [0.2, 0.25) is 1.41 Å². The molecule has 0 aliphatic heterocycles. The minimum absolute atomic E-state index is 0.0919. The monoisotopic (exact) mass is 791 g/mol. The number of H-pyrrole nitrogens is 1. The fourth-order valence-corrected chi connectivity index (χ4v) is 5.49. The topological polar surface area (TPSA) is 138 Å². The number of hydrogen-bond donors (Lipinski definition) is 2. The maximum atomic E-state index is 12.7. The van der Waals surface area contributed by atoms with Gasteiger partial charge in [0.25, 0.3) is 0 Å². The van der Waals surface area contributed by atoms with Crippen LogP contribution in [-0.4, -0.2) is 65.1 Å². The average Bonchev–Trinajstić information content (AvgIpc) is 3.50. The van der Waals surface area contributed by atoms with Gasteiger partial charge in [0.1, 0.15) is 17.2 Å². The van der Waals surface area contributed by atoms with E-state index in [0.29, 0.717) is 17.5 Å². The molecule has 11 nitrogen and oxygen atoms in total. The minimum Gasteiger partial charge on any atom is -0.469 e. The van der Waals surface area contributed by atoms with E-state index >= 15 is 0 Å². The van der Waals surface area contributed by atoms with Crippen molar-refractivity contribution in [1.82, 2.24) is 14.9 Å². The van der Waals surface area contributed by atoms with Gasteiger partial charge in [-0.2, -0.15) is 0 Å². The highest BCUT2D eigenvalue weighted by molar-refractivity contribution is 9.10. The van der Waals surface area contributed by atoms with Crippen LogP contribution >= 0.6 is 31.9 Å². The molecule has 2 unspecified atom stereocenters. The molecule has 2 heterocycles. The van der Waals surface area contributed by atoms with E-state index in [-0.39, 0.29) is 18.3 Å². The molecule has 0 aliphatic rings. The van der Waals surface area contributed by atoms with E-state index in [1.807, 2.05) is 37.3 Å². The summed E-state index contributed by atoms with van der Waals surface area (Å²) in [4.78, 5) is 50.1. The smallest absolute Gasteiger partial charge is 0.419 e. The highest BCUT2D eigenvalue weighted by atomic mass is 79.9. The first-order valence-electron chi connectivity index (χ1n) is 15.6. The van der Waals surface area contributed by atoms with Crippen LogP contribution in [0.5, 0.6) is 0 Å². The molecule has 13 heteroatoms. The number of ether oxygens (including phenoxy) is 4. The lowest BCUT2D eigenvalue weighted by molar-refractivity contribution is -0.145. The summed E-state index contributed by atoms with van der Waals surface area (Å²) in [7, 11) is 2.63. The number of nitrogens with zero attached hydrogens (tertiary/aromatic N) is 1. The summed E-state index contributed by atoms with van der Waals surface area (Å²) in [5.41, 5.74) is 1.71. The van der Waals surface area contributed by atoms with Gasteiger partial charge in [0.15, 0.2) is 1.41 Å². The summed E-state index contributed by atoms with van der Waals surface area (Å²) >= 11 is 6.86. The predicted octanol–water partition coefficient (Wildman–Crippen LogP) is 8.08. The van der Waals surface area contributed by atoms with Crippen LogP contribution < -0.4 is 5.32 Å². The molecule has 4 rings (SSSR count). The highest BCUT2D eigenvalue weighted by Crippen LogP contribution is 2.28. The first kappa shape index (κ1) is 37.0. The van der Waals surface area contributed by atoms with Gasteiger partial charge in [-0.25, -0.2) is 14.4 Å². The summed E-state index contributed by atoms with van der Waals surface area (Å²) in [5, 5.41) is 4.29. The second kappa shape index (κ2) is 16.0. The Bertz CT molecular complexity index is 1840. The molecule has 0 aliphatic carbocycles. The predicted molar refractivity (Wildman–Crippen MR) is 191 cm³/mol. The number of carbonyl (C=O) groups excluding carboxylic acids is 4. The van der Waals surface area contributed by atoms with E-state index in [1.54, 1.807) is 60.0 Å². The fraction of sp³-hybridized carbons (Fsp3) is 0.429. The maximum Gasteiger partial charge on any atom is 0.419 e. The van der Waals surface area contributed by atoms with E-state index < -0.39 is 35.4 Å². The number of halogens is 2. The third-order valence-corrected chi connectivity index (χ3v) is 7.82. The largest absolute Gasteiger partial charge is 0.469 e. The van der Waals surface area contributed by atoms with Crippen LogP contribution in [0.3, 0.4) is 0 Å². The Hall–Kier alpha value is -3.84. The highest BCUT2D eigenvalue weighted by Gasteiger charge is 2.28. The van der Waals surface area contributed by atoms with Gasteiger partial charge in [0.05, 0.1) is 25.7 Å².